The highest BCUT2D eigenvalue weighted by Crippen LogP contribution is 2.37. The van der Waals surface area contributed by atoms with Gasteiger partial charge < -0.3 is 15.4 Å². The van der Waals surface area contributed by atoms with Crippen LogP contribution in [-0.2, 0) is 26.3 Å². The lowest BCUT2D eigenvalue weighted by Gasteiger charge is -2.16. The highest BCUT2D eigenvalue weighted by atomic mass is 35.5. The molecule has 1 aliphatic heterocycles. The summed E-state index contributed by atoms with van der Waals surface area (Å²) >= 11 is 7.09. The van der Waals surface area contributed by atoms with Crippen LogP contribution >= 0.6 is 23.4 Å². The average Bonchev–Trinajstić information content (AvgIpc) is 3.25. The first-order valence-electron chi connectivity index (χ1n) is 9.48. The molecule has 166 valence electrons. The van der Waals surface area contributed by atoms with Crippen molar-refractivity contribution in [2.24, 2.45) is 0 Å². The first-order valence-corrected chi connectivity index (χ1v) is 11.0. The molecule has 2 N–H and O–H groups in total. The van der Waals surface area contributed by atoms with Crippen LogP contribution in [0.2, 0.25) is 5.02 Å². The Kier molecular flexibility index (Phi) is 7.85. The largest absolute Gasteiger partial charge is 0.418 e. The summed E-state index contributed by atoms with van der Waals surface area (Å²) in [7, 11) is 0. The van der Waals surface area contributed by atoms with E-state index in [0.29, 0.717) is 23.8 Å². The van der Waals surface area contributed by atoms with E-state index < -0.39 is 29.7 Å². The van der Waals surface area contributed by atoms with Gasteiger partial charge >= 0.3 is 6.18 Å². The Hall–Kier alpha value is -2.23. The highest BCUT2D eigenvalue weighted by Gasteiger charge is 2.34. The van der Waals surface area contributed by atoms with Crippen LogP contribution in [0.5, 0.6) is 0 Å². The molecule has 1 atom stereocenters. The van der Waals surface area contributed by atoms with Crippen LogP contribution in [0.3, 0.4) is 0 Å². The summed E-state index contributed by atoms with van der Waals surface area (Å²) in [5.41, 5.74) is -0.458. The first kappa shape index (κ1) is 23.4. The number of anilines is 2. The molecule has 1 saturated heterocycles. The topological polar surface area (TPSA) is 67.4 Å². The smallest absolute Gasteiger partial charge is 0.368 e. The number of rotatable bonds is 7. The van der Waals surface area contributed by atoms with Crippen molar-refractivity contribution in [1.29, 1.82) is 0 Å². The van der Waals surface area contributed by atoms with Gasteiger partial charge in [0.05, 0.1) is 17.0 Å². The van der Waals surface area contributed by atoms with Crippen LogP contribution in [0, 0.1) is 0 Å². The minimum Gasteiger partial charge on any atom is -0.368 e. The molecule has 3 rings (SSSR count). The van der Waals surface area contributed by atoms with E-state index >= 15 is 0 Å². The molecule has 0 radical (unpaired) electrons. The lowest BCUT2D eigenvalue weighted by atomic mass is 10.1. The Balaban J connectivity index is 1.61. The predicted molar refractivity (Wildman–Crippen MR) is 115 cm³/mol. The van der Waals surface area contributed by atoms with Crippen molar-refractivity contribution < 1.29 is 27.5 Å². The lowest BCUT2D eigenvalue weighted by Crippen LogP contribution is -2.27. The molecule has 31 heavy (non-hydrogen) atoms. The number of alkyl halides is 3. The molecule has 2 amide bonds. The number of amides is 2. The number of halogens is 4. The summed E-state index contributed by atoms with van der Waals surface area (Å²) in [5, 5.41) is 5.35. The second-order valence-electron chi connectivity index (χ2n) is 6.92. The molecule has 1 heterocycles. The van der Waals surface area contributed by atoms with Crippen LogP contribution in [0.1, 0.15) is 24.0 Å². The molecule has 1 unspecified atom stereocenters. The van der Waals surface area contributed by atoms with Gasteiger partial charge in [0.1, 0.15) is 6.10 Å². The number of nitrogens with one attached hydrogen (secondary N) is 2. The van der Waals surface area contributed by atoms with E-state index in [0.717, 1.165) is 24.1 Å². The van der Waals surface area contributed by atoms with Gasteiger partial charge in [-0.05, 0) is 48.7 Å². The Morgan fingerprint density at radius 3 is 2.52 bits per heavy atom. The molecule has 10 heteroatoms. The van der Waals surface area contributed by atoms with Crippen molar-refractivity contribution in [3.8, 4) is 0 Å². The Labute approximate surface area is 186 Å². The van der Waals surface area contributed by atoms with E-state index in [1.807, 2.05) is 12.1 Å². The molecule has 0 aromatic heterocycles. The van der Waals surface area contributed by atoms with Gasteiger partial charge in [-0.1, -0.05) is 23.7 Å². The van der Waals surface area contributed by atoms with Crippen molar-refractivity contribution >= 4 is 46.6 Å². The standard InChI is InChI=1S/C21H20ClF3N2O3S/c22-14-5-3-13(4-6-14)11-31-12-19(28)27-17-8-7-15(10-16(17)21(23,24)25)26-20(29)18-2-1-9-30-18/h3-8,10,18H,1-2,9,11-12H2,(H,26,29)(H,27,28). The van der Waals surface area contributed by atoms with E-state index in [-0.39, 0.29) is 17.1 Å². The van der Waals surface area contributed by atoms with Gasteiger partial charge in [0, 0.05) is 23.1 Å². The average molecular weight is 473 g/mol. The van der Waals surface area contributed by atoms with Crippen molar-refractivity contribution in [3.63, 3.8) is 0 Å². The van der Waals surface area contributed by atoms with Gasteiger partial charge in [0.25, 0.3) is 5.91 Å². The number of ether oxygens (including phenoxy) is 1. The maximum atomic E-state index is 13.5. The van der Waals surface area contributed by atoms with Crippen LogP contribution in [-0.4, -0.2) is 30.3 Å². The molecule has 0 aliphatic carbocycles. The van der Waals surface area contributed by atoms with Crippen molar-refractivity contribution in [3.05, 3.63) is 58.6 Å². The molecule has 2 aromatic rings. The monoisotopic (exact) mass is 472 g/mol. The van der Waals surface area contributed by atoms with Crippen molar-refractivity contribution in [2.75, 3.05) is 23.0 Å². The van der Waals surface area contributed by atoms with Crippen LogP contribution in [0.15, 0.2) is 42.5 Å². The summed E-state index contributed by atoms with van der Waals surface area (Å²) in [6.07, 6.45) is -4.11. The summed E-state index contributed by atoms with van der Waals surface area (Å²) in [6.45, 7) is 0.451. The first-order chi connectivity index (χ1) is 14.7. The zero-order valence-electron chi connectivity index (χ0n) is 16.3. The zero-order chi connectivity index (χ0) is 22.4. The fourth-order valence-electron chi connectivity index (χ4n) is 3.00. The quantitative estimate of drug-likeness (QED) is 0.570. The number of thioether (sulfide) groups is 1. The summed E-state index contributed by atoms with van der Waals surface area (Å²) in [4.78, 5) is 24.3. The Morgan fingerprint density at radius 2 is 1.87 bits per heavy atom. The minimum atomic E-state index is -4.70. The fraction of sp³-hybridized carbons (Fsp3) is 0.333. The van der Waals surface area contributed by atoms with Gasteiger partial charge in [-0.15, -0.1) is 11.8 Å². The summed E-state index contributed by atoms with van der Waals surface area (Å²) < 4.78 is 45.8. The van der Waals surface area contributed by atoms with E-state index in [4.69, 9.17) is 16.3 Å². The molecule has 2 aromatic carbocycles. The van der Waals surface area contributed by atoms with Crippen LogP contribution < -0.4 is 10.6 Å². The number of carbonyl (C=O) groups is 2. The normalized spacial score (nSPS) is 16.2. The zero-order valence-corrected chi connectivity index (χ0v) is 17.9. The molecule has 0 spiro atoms. The molecular weight excluding hydrogens is 453 g/mol. The van der Waals surface area contributed by atoms with Gasteiger partial charge in [0.15, 0.2) is 0 Å². The minimum absolute atomic E-state index is 0.0112. The molecular formula is C21H20ClF3N2O3S. The summed E-state index contributed by atoms with van der Waals surface area (Å²) in [6, 6.07) is 10.4. The number of hydrogen-bond acceptors (Lipinski definition) is 4. The van der Waals surface area contributed by atoms with E-state index in [1.165, 1.54) is 17.8 Å². The molecule has 1 fully saturated rings. The van der Waals surface area contributed by atoms with Crippen molar-refractivity contribution in [1.82, 2.24) is 0 Å². The summed E-state index contributed by atoms with van der Waals surface area (Å²) in [5.74, 6) is -0.538. The third-order valence-corrected chi connectivity index (χ3v) is 5.76. The van der Waals surface area contributed by atoms with E-state index in [9.17, 15) is 22.8 Å². The van der Waals surface area contributed by atoms with E-state index in [2.05, 4.69) is 10.6 Å². The number of hydrogen-bond donors (Lipinski definition) is 2. The fourth-order valence-corrected chi connectivity index (χ4v) is 3.91. The lowest BCUT2D eigenvalue weighted by molar-refractivity contribution is -0.137. The van der Waals surface area contributed by atoms with Crippen molar-refractivity contribution in [2.45, 2.75) is 30.9 Å². The number of carbonyl (C=O) groups excluding carboxylic acids is 2. The third-order valence-electron chi connectivity index (χ3n) is 4.50. The SMILES string of the molecule is O=C(CSCc1ccc(Cl)cc1)Nc1ccc(NC(=O)C2CCCO2)cc1C(F)(F)F. The van der Waals surface area contributed by atoms with Crippen LogP contribution in [0.4, 0.5) is 24.5 Å². The third kappa shape index (κ3) is 6.88. The second kappa shape index (κ2) is 10.4. The van der Waals surface area contributed by atoms with Crippen LogP contribution in [0.25, 0.3) is 0 Å². The predicted octanol–water partition coefficient (Wildman–Crippen LogP) is 5.35. The molecule has 1 aliphatic rings. The van der Waals surface area contributed by atoms with E-state index in [1.54, 1.807) is 12.1 Å². The molecule has 0 bridgehead atoms. The van der Waals surface area contributed by atoms with Gasteiger partial charge in [0.2, 0.25) is 5.91 Å². The maximum absolute atomic E-state index is 13.5. The van der Waals surface area contributed by atoms with Gasteiger partial charge in [-0.25, -0.2) is 0 Å². The van der Waals surface area contributed by atoms with Gasteiger partial charge in [-0.2, -0.15) is 13.2 Å². The highest BCUT2D eigenvalue weighted by molar-refractivity contribution is 7.99. The molecule has 0 saturated carbocycles. The molecule has 5 nitrogen and oxygen atoms in total. The Morgan fingerprint density at radius 1 is 1.13 bits per heavy atom. The Bertz CT molecular complexity index is 932. The second-order valence-corrected chi connectivity index (χ2v) is 8.34. The number of benzene rings is 2. The van der Waals surface area contributed by atoms with Gasteiger partial charge in [-0.3, -0.25) is 9.59 Å². The maximum Gasteiger partial charge on any atom is 0.418 e.